The topological polar surface area (TPSA) is 12.0 Å². The first-order valence-corrected chi connectivity index (χ1v) is 6.03. The minimum absolute atomic E-state index is 0.392. The van der Waals surface area contributed by atoms with Crippen molar-refractivity contribution in [2.75, 3.05) is 24.3 Å². The summed E-state index contributed by atoms with van der Waals surface area (Å²) in [5.74, 6) is 2.56. The molecule has 1 N–H and O–H groups in total. The zero-order valence-electron chi connectivity index (χ0n) is 6.64. The van der Waals surface area contributed by atoms with E-state index in [1.54, 1.807) is 0 Å². The molecule has 0 aromatic carbocycles. The van der Waals surface area contributed by atoms with E-state index in [9.17, 15) is 0 Å². The lowest BCUT2D eigenvalue weighted by Gasteiger charge is -2.22. The summed E-state index contributed by atoms with van der Waals surface area (Å²) >= 11 is 3.99. The summed E-state index contributed by atoms with van der Waals surface area (Å²) in [7, 11) is 0. The Morgan fingerprint density at radius 2 is 2.50 bits per heavy atom. The molecule has 1 unspecified atom stereocenters. The molecule has 10 heavy (non-hydrogen) atoms. The van der Waals surface area contributed by atoms with Crippen LogP contribution in [0.4, 0.5) is 0 Å². The third kappa shape index (κ3) is 2.36. The Morgan fingerprint density at radius 1 is 1.70 bits per heavy atom. The van der Waals surface area contributed by atoms with Crippen LogP contribution in [-0.2, 0) is 0 Å². The highest BCUT2D eigenvalue weighted by atomic mass is 32.2. The molecule has 1 aliphatic rings. The molecule has 0 bridgehead atoms. The van der Waals surface area contributed by atoms with Gasteiger partial charge >= 0.3 is 0 Å². The fraction of sp³-hybridized carbons (Fsp3) is 1.00. The van der Waals surface area contributed by atoms with Crippen molar-refractivity contribution in [3.8, 4) is 0 Å². The lowest BCUT2D eigenvalue weighted by Crippen LogP contribution is -2.34. The second-order valence-electron chi connectivity index (χ2n) is 2.75. The Bertz CT molecular complexity index is 99.8. The van der Waals surface area contributed by atoms with Crippen molar-refractivity contribution in [1.82, 2.24) is 5.32 Å². The van der Waals surface area contributed by atoms with Gasteiger partial charge in [-0.05, 0) is 25.4 Å². The van der Waals surface area contributed by atoms with E-state index < -0.39 is 0 Å². The minimum Gasteiger partial charge on any atom is -0.302 e. The molecule has 1 saturated heterocycles. The van der Waals surface area contributed by atoms with Crippen molar-refractivity contribution in [3.63, 3.8) is 0 Å². The van der Waals surface area contributed by atoms with Crippen LogP contribution in [-0.4, -0.2) is 29.2 Å². The minimum atomic E-state index is 0.392. The molecular formula is C7H15NS2. The van der Waals surface area contributed by atoms with Crippen molar-refractivity contribution >= 4 is 23.5 Å². The fourth-order valence-corrected chi connectivity index (χ4v) is 2.95. The molecule has 0 aromatic heterocycles. The van der Waals surface area contributed by atoms with E-state index in [1.165, 1.54) is 24.5 Å². The van der Waals surface area contributed by atoms with Gasteiger partial charge in [0.2, 0.25) is 0 Å². The van der Waals surface area contributed by atoms with E-state index in [0.717, 1.165) is 0 Å². The van der Waals surface area contributed by atoms with Gasteiger partial charge in [-0.1, -0.05) is 0 Å². The molecule has 3 heteroatoms. The van der Waals surface area contributed by atoms with Crippen LogP contribution >= 0.6 is 23.5 Å². The number of hydrogen-bond acceptors (Lipinski definition) is 3. The van der Waals surface area contributed by atoms with Crippen LogP contribution in [0.5, 0.6) is 0 Å². The Morgan fingerprint density at radius 3 is 3.00 bits per heavy atom. The number of rotatable bonds is 3. The first-order valence-electron chi connectivity index (χ1n) is 3.65. The smallest absolute Gasteiger partial charge is 0.0625 e. The van der Waals surface area contributed by atoms with Crippen LogP contribution in [0.1, 0.15) is 13.3 Å². The van der Waals surface area contributed by atoms with Gasteiger partial charge in [0, 0.05) is 12.3 Å². The zero-order valence-corrected chi connectivity index (χ0v) is 8.28. The molecule has 1 nitrogen and oxygen atoms in total. The highest BCUT2D eigenvalue weighted by Crippen LogP contribution is 2.30. The van der Waals surface area contributed by atoms with Gasteiger partial charge in [0.15, 0.2) is 0 Å². The highest BCUT2D eigenvalue weighted by molar-refractivity contribution is 8.01. The van der Waals surface area contributed by atoms with Crippen molar-refractivity contribution in [3.05, 3.63) is 0 Å². The van der Waals surface area contributed by atoms with Gasteiger partial charge in [0.05, 0.1) is 4.87 Å². The van der Waals surface area contributed by atoms with E-state index in [0.29, 0.717) is 4.87 Å². The summed E-state index contributed by atoms with van der Waals surface area (Å²) in [6, 6.07) is 0. The first-order chi connectivity index (χ1) is 4.77. The van der Waals surface area contributed by atoms with E-state index in [2.05, 4.69) is 30.3 Å². The normalized spacial score (nSPS) is 33.0. The van der Waals surface area contributed by atoms with E-state index in [1.807, 2.05) is 11.8 Å². The summed E-state index contributed by atoms with van der Waals surface area (Å²) < 4.78 is 0. The molecule has 0 spiro atoms. The Kier molecular flexibility index (Phi) is 3.40. The van der Waals surface area contributed by atoms with Crippen LogP contribution in [0.2, 0.25) is 0 Å². The molecule has 0 saturated carbocycles. The van der Waals surface area contributed by atoms with Gasteiger partial charge in [0.1, 0.15) is 0 Å². The maximum absolute atomic E-state index is 3.52. The lowest BCUT2D eigenvalue weighted by molar-refractivity contribution is 0.533. The summed E-state index contributed by atoms with van der Waals surface area (Å²) in [4.78, 5) is 0.392. The third-order valence-electron chi connectivity index (χ3n) is 1.80. The largest absolute Gasteiger partial charge is 0.302 e. The van der Waals surface area contributed by atoms with Crippen LogP contribution in [0.25, 0.3) is 0 Å². The van der Waals surface area contributed by atoms with Crippen LogP contribution < -0.4 is 5.32 Å². The van der Waals surface area contributed by atoms with Gasteiger partial charge < -0.3 is 5.32 Å². The average molecular weight is 177 g/mol. The number of hydrogen-bond donors (Lipinski definition) is 1. The number of nitrogens with one attached hydrogen (secondary N) is 1. The predicted molar refractivity (Wildman–Crippen MR) is 51.9 cm³/mol. The predicted octanol–water partition coefficient (Wildman–Crippen LogP) is 1.79. The molecule has 60 valence electrons. The van der Waals surface area contributed by atoms with Gasteiger partial charge in [0.25, 0.3) is 0 Å². The zero-order chi connectivity index (χ0) is 7.45. The van der Waals surface area contributed by atoms with Crippen molar-refractivity contribution < 1.29 is 0 Å². The molecule has 1 heterocycles. The molecular weight excluding hydrogens is 162 g/mol. The maximum atomic E-state index is 3.52. The summed E-state index contributed by atoms with van der Waals surface area (Å²) in [5, 5.41) is 3.52. The maximum Gasteiger partial charge on any atom is 0.0625 e. The second kappa shape index (κ2) is 3.88. The summed E-state index contributed by atoms with van der Waals surface area (Å²) in [6.45, 7) is 3.50. The average Bonchev–Trinajstić information content (AvgIpc) is 2.33. The fourth-order valence-electron chi connectivity index (χ4n) is 1.10. The molecule has 1 rings (SSSR count). The molecule has 1 aliphatic heterocycles. The quantitative estimate of drug-likeness (QED) is 0.706. The molecule has 0 amide bonds. The Labute approximate surface area is 71.7 Å². The van der Waals surface area contributed by atoms with E-state index >= 15 is 0 Å². The first kappa shape index (κ1) is 8.75. The van der Waals surface area contributed by atoms with Crippen molar-refractivity contribution in [1.29, 1.82) is 0 Å². The van der Waals surface area contributed by atoms with Crippen LogP contribution in [0, 0.1) is 0 Å². The van der Waals surface area contributed by atoms with Crippen molar-refractivity contribution in [2.45, 2.75) is 18.2 Å². The molecule has 1 atom stereocenters. The van der Waals surface area contributed by atoms with Crippen LogP contribution in [0.3, 0.4) is 0 Å². The van der Waals surface area contributed by atoms with E-state index in [-0.39, 0.29) is 0 Å². The highest BCUT2D eigenvalue weighted by Gasteiger charge is 2.27. The van der Waals surface area contributed by atoms with Gasteiger partial charge in [-0.2, -0.15) is 11.8 Å². The standard InChI is InChI=1S/C7H15NS2/c1-7(3-5-9-2)8-4-6-10-7/h8H,3-6H2,1-2H3. The second-order valence-corrected chi connectivity index (χ2v) is 5.33. The lowest BCUT2D eigenvalue weighted by atomic mass is 10.2. The van der Waals surface area contributed by atoms with Gasteiger partial charge in [-0.25, -0.2) is 0 Å². The molecule has 0 aliphatic carbocycles. The third-order valence-corrected chi connectivity index (χ3v) is 3.81. The van der Waals surface area contributed by atoms with Crippen molar-refractivity contribution in [2.24, 2.45) is 0 Å². The van der Waals surface area contributed by atoms with E-state index in [4.69, 9.17) is 0 Å². The monoisotopic (exact) mass is 177 g/mol. The molecule has 0 aromatic rings. The summed E-state index contributed by atoms with van der Waals surface area (Å²) in [5.41, 5.74) is 0. The molecule has 1 fully saturated rings. The number of thioether (sulfide) groups is 2. The Balaban J connectivity index is 2.22. The molecule has 0 radical (unpaired) electrons. The van der Waals surface area contributed by atoms with Crippen LogP contribution in [0.15, 0.2) is 0 Å². The summed E-state index contributed by atoms with van der Waals surface area (Å²) in [6.07, 6.45) is 3.46. The SMILES string of the molecule is CSCCC1(C)NCCS1. The Hall–Kier alpha value is 0.660. The van der Waals surface area contributed by atoms with Gasteiger partial charge in [-0.15, -0.1) is 11.8 Å². The van der Waals surface area contributed by atoms with Gasteiger partial charge in [-0.3, -0.25) is 0 Å².